The molecule has 3 heterocycles. The average molecular weight is 456 g/mol. The molecule has 0 saturated heterocycles. The third kappa shape index (κ3) is 4.65. The molecular weight excluding hydrogens is 426 g/mol. The van der Waals surface area contributed by atoms with E-state index in [0.29, 0.717) is 5.76 Å². The van der Waals surface area contributed by atoms with Crippen molar-refractivity contribution in [1.29, 1.82) is 0 Å². The topological polar surface area (TPSA) is 76.2 Å². The molecule has 0 bridgehead atoms. The summed E-state index contributed by atoms with van der Waals surface area (Å²) < 4.78 is 7.35. The van der Waals surface area contributed by atoms with Gasteiger partial charge < -0.3 is 14.3 Å². The Kier molecular flexibility index (Phi) is 6.27. The minimum atomic E-state index is -0.267. The number of amides is 1. The summed E-state index contributed by atoms with van der Waals surface area (Å²) in [6.07, 6.45) is 2.32. The number of hydrogen-bond donors (Lipinski definition) is 1. The Hall–Kier alpha value is -3.71. The highest BCUT2D eigenvalue weighted by Crippen LogP contribution is 2.25. The number of hydrogen-bond acceptors (Lipinski definition) is 5. The van der Waals surface area contributed by atoms with Crippen LogP contribution >= 0.6 is 0 Å². The molecule has 0 unspecified atom stereocenters. The van der Waals surface area contributed by atoms with Crippen LogP contribution in [-0.2, 0) is 19.5 Å². The lowest BCUT2D eigenvalue weighted by Crippen LogP contribution is -2.30. The fourth-order valence-electron chi connectivity index (χ4n) is 4.60. The van der Waals surface area contributed by atoms with E-state index in [1.165, 1.54) is 28.5 Å². The maximum absolute atomic E-state index is 12.4. The number of aromatic nitrogens is 3. The molecule has 1 N–H and O–H groups in total. The van der Waals surface area contributed by atoms with Crippen molar-refractivity contribution in [3.63, 3.8) is 0 Å². The molecule has 2 aromatic heterocycles. The van der Waals surface area contributed by atoms with Crippen molar-refractivity contribution in [3.05, 3.63) is 95.5 Å². The van der Waals surface area contributed by atoms with Crippen LogP contribution in [0, 0.1) is 6.92 Å². The number of carbonyl (C=O) groups is 1. The van der Waals surface area contributed by atoms with Crippen molar-refractivity contribution in [2.45, 2.75) is 39.4 Å². The normalized spacial score (nSPS) is 14.9. The zero-order chi connectivity index (χ0) is 23.5. The van der Waals surface area contributed by atoms with Crippen molar-refractivity contribution in [2.75, 3.05) is 13.1 Å². The molecule has 1 amide bonds. The van der Waals surface area contributed by atoms with E-state index in [1.807, 2.05) is 6.92 Å². The summed E-state index contributed by atoms with van der Waals surface area (Å²) in [5.74, 6) is 1.78. The van der Waals surface area contributed by atoms with E-state index < -0.39 is 0 Å². The Morgan fingerprint density at radius 2 is 1.94 bits per heavy atom. The van der Waals surface area contributed by atoms with Gasteiger partial charge in [0.2, 0.25) is 0 Å². The largest absolute Gasteiger partial charge is 0.459 e. The van der Waals surface area contributed by atoms with Gasteiger partial charge in [-0.25, -0.2) is 0 Å². The first-order valence-electron chi connectivity index (χ1n) is 11.7. The van der Waals surface area contributed by atoms with Gasteiger partial charge in [-0.1, -0.05) is 42.5 Å². The van der Waals surface area contributed by atoms with E-state index in [9.17, 15) is 4.79 Å². The lowest BCUT2D eigenvalue weighted by Gasteiger charge is -2.20. The smallest absolute Gasteiger partial charge is 0.287 e. The number of furan rings is 1. The molecule has 7 nitrogen and oxygen atoms in total. The first-order valence-corrected chi connectivity index (χ1v) is 11.7. The minimum absolute atomic E-state index is 0.251. The Bertz CT molecular complexity index is 1280. The first-order chi connectivity index (χ1) is 16.6. The summed E-state index contributed by atoms with van der Waals surface area (Å²) in [5, 5.41) is 11.8. The van der Waals surface area contributed by atoms with E-state index in [2.05, 4.69) is 80.4 Å². The quantitative estimate of drug-likeness (QED) is 0.467. The van der Waals surface area contributed by atoms with Gasteiger partial charge in [-0.15, -0.1) is 10.2 Å². The number of fused-ring (bicyclic) bond motifs is 1. The predicted molar refractivity (Wildman–Crippen MR) is 130 cm³/mol. The summed E-state index contributed by atoms with van der Waals surface area (Å²) in [5.41, 5.74) is 5.12. The summed E-state index contributed by atoms with van der Waals surface area (Å²) in [6, 6.07) is 20.4. The molecule has 2 aromatic carbocycles. The van der Waals surface area contributed by atoms with E-state index in [1.54, 1.807) is 12.1 Å². The molecule has 1 aliphatic heterocycles. The van der Waals surface area contributed by atoms with Gasteiger partial charge in [0.15, 0.2) is 11.6 Å². The molecule has 0 saturated carbocycles. The van der Waals surface area contributed by atoms with Gasteiger partial charge in [0.1, 0.15) is 5.82 Å². The second kappa shape index (κ2) is 9.65. The fourth-order valence-corrected chi connectivity index (χ4v) is 4.60. The monoisotopic (exact) mass is 455 g/mol. The molecule has 0 aliphatic carbocycles. The molecule has 0 radical (unpaired) electrons. The van der Waals surface area contributed by atoms with E-state index in [0.717, 1.165) is 44.2 Å². The highest BCUT2D eigenvalue weighted by atomic mass is 16.3. The van der Waals surface area contributed by atoms with Crippen LogP contribution in [0.1, 0.15) is 46.3 Å². The van der Waals surface area contributed by atoms with E-state index in [-0.39, 0.29) is 11.9 Å². The second-order valence-electron chi connectivity index (χ2n) is 8.84. The van der Waals surface area contributed by atoms with E-state index in [4.69, 9.17) is 4.42 Å². The molecule has 0 fully saturated rings. The maximum atomic E-state index is 12.4. The third-order valence-electron chi connectivity index (χ3n) is 6.42. The molecule has 34 heavy (non-hydrogen) atoms. The van der Waals surface area contributed by atoms with Crippen molar-refractivity contribution in [3.8, 4) is 11.1 Å². The predicted octanol–water partition coefficient (Wildman–Crippen LogP) is 4.40. The van der Waals surface area contributed by atoms with Gasteiger partial charge in [0, 0.05) is 32.6 Å². The summed E-state index contributed by atoms with van der Waals surface area (Å²) in [4.78, 5) is 14.8. The zero-order valence-corrected chi connectivity index (χ0v) is 19.6. The Balaban J connectivity index is 1.26. The van der Waals surface area contributed by atoms with Crippen LogP contribution in [0.15, 0.2) is 71.3 Å². The van der Waals surface area contributed by atoms with Crippen LogP contribution in [0.4, 0.5) is 0 Å². The van der Waals surface area contributed by atoms with Crippen molar-refractivity contribution in [2.24, 2.45) is 0 Å². The van der Waals surface area contributed by atoms with Crippen molar-refractivity contribution < 1.29 is 9.21 Å². The van der Waals surface area contributed by atoms with Gasteiger partial charge in [-0.3, -0.25) is 9.69 Å². The minimum Gasteiger partial charge on any atom is -0.459 e. The molecule has 1 atom stereocenters. The van der Waals surface area contributed by atoms with Crippen molar-refractivity contribution in [1.82, 2.24) is 25.0 Å². The number of rotatable bonds is 6. The number of carbonyl (C=O) groups excluding carboxylic acids is 1. The van der Waals surface area contributed by atoms with Crippen LogP contribution in [0.2, 0.25) is 0 Å². The molecule has 0 spiro atoms. The van der Waals surface area contributed by atoms with Gasteiger partial charge in [-0.05, 0) is 54.3 Å². The van der Waals surface area contributed by atoms with E-state index >= 15 is 0 Å². The SMILES string of the molecule is Cc1ccccc1-c1cccc(CN2CCc3nnc([C@H](C)NC(=O)c4ccco4)n3CC2)c1. The second-order valence-corrected chi connectivity index (χ2v) is 8.84. The number of benzene rings is 2. The number of aryl methyl sites for hydroxylation is 1. The average Bonchev–Trinajstić information content (AvgIpc) is 3.48. The highest BCUT2D eigenvalue weighted by Gasteiger charge is 2.23. The lowest BCUT2D eigenvalue weighted by molar-refractivity contribution is 0.0909. The highest BCUT2D eigenvalue weighted by molar-refractivity contribution is 5.91. The molecular formula is C27H29N5O2. The molecule has 174 valence electrons. The summed E-state index contributed by atoms with van der Waals surface area (Å²) >= 11 is 0. The molecule has 4 aromatic rings. The number of nitrogens with one attached hydrogen (secondary N) is 1. The Morgan fingerprint density at radius 3 is 2.76 bits per heavy atom. The van der Waals surface area contributed by atoms with Gasteiger partial charge in [0.25, 0.3) is 5.91 Å². The van der Waals surface area contributed by atoms with Crippen LogP contribution < -0.4 is 5.32 Å². The molecule has 1 aliphatic rings. The Labute approximate surface area is 199 Å². The van der Waals surface area contributed by atoms with Crippen LogP contribution in [0.5, 0.6) is 0 Å². The fraction of sp³-hybridized carbons (Fsp3) is 0.296. The van der Waals surface area contributed by atoms with Crippen LogP contribution in [-0.4, -0.2) is 38.7 Å². The third-order valence-corrected chi connectivity index (χ3v) is 6.42. The van der Waals surface area contributed by atoms with Crippen LogP contribution in [0.25, 0.3) is 11.1 Å². The number of nitrogens with zero attached hydrogens (tertiary/aromatic N) is 4. The van der Waals surface area contributed by atoms with Crippen molar-refractivity contribution >= 4 is 5.91 Å². The zero-order valence-electron chi connectivity index (χ0n) is 19.6. The van der Waals surface area contributed by atoms with Gasteiger partial charge in [0.05, 0.1) is 12.3 Å². The standard InChI is InChI=1S/C27H29N5O2/c1-19-7-3-4-10-23(19)22-9-5-8-21(17-22)18-31-13-12-25-29-30-26(32(25)15-14-31)20(2)28-27(33)24-11-6-16-34-24/h3-11,16-17,20H,12-15,18H2,1-2H3,(H,28,33)/t20-/m0/s1. The first kappa shape index (κ1) is 22.1. The lowest BCUT2D eigenvalue weighted by atomic mass is 9.99. The van der Waals surface area contributed by atoms with Crippen LogP contribution in [0.3, 0.4) is 0 Å². The maximum Gasteiger partial charge on any atom is 0.287 e. The summed E-state index contributed by atoms with van der Waals surface area (Å²) in [6.45, 7) is 7.57. The molecule has 5 rings (SSSR count). The van der Waals surface area contributed by atoms with Gasteiger partial charge >= 0.3 is 0 Å². The molecule has 7 heteroatoms. The van der Waals surface area contributed by atoms with Gasteiger partial charge in [-0.2, -0.15) is 0 Å². The Morgan fingerprint density at radius 1 is 1.06 bits per heavy atom. The summed E-state index contributed by atoms with van der Waals surface area (Å²) in [7, 11) is 0.